The van der Waals surface area contributed by atoms with Crippen molar-refractivity contribution < 1.29 is 4.74 Å². The van der Waals surface area contributed by atoms with E-state index in [0.29, 0.717) is 10.0 Å². The Balaban J connectivity index is 2.40. The second-order valence-electron chi connectivity index (χ2n) is 4.29. The van der Waals surface area contributed by atoms with Gasteiger partial charge in [-0.3, -0.25) is 0 Å². The lowest BCUT2D eigenvalue weighted by atomic mass is 10.0. The molecule has 0 bridgehead atoms. The maximum atomic E-state index is 6.04. The second kappa shape index (κ2) is 6.17. The van der Waals surface area contributed by atoms with Crippen LogP contribution in [0.3, 0.4) is 0 Å². The molecule has 0 aliphatic carbocycles. The molecule has 0 aliphatic heterocycles. The van der Waals surface area contributed by atoms with Crippen LogP contribution in [0.5, 0.6) is 5.75 Å². The van der Waals surface area contributed by atoms with Crippen LogP contribution in [0.15, 0.2) is 36.4 Å². The molecule has 1 nitrogen and oxygen atoms in total. The van der Waals surface area contributed by atoms with Crippen LogP contribution in [-0.2, 0) is 0 Å². The normalized spacial score (nSPS) is 12.3. The van der Waals surface area contributed by atoms with Crippen LogP contribution in [0.1, 0.15) is 21.5 Å². The average Bonchev–Trinajstić information content (AvgIpc) is 2.36. The van der Waals surface area contributed by atoms with Crippen molar-refractivity contribution in [3.05, 3.63) is 63.1 Å². The van der Waals surface area contributed by atoms with Crippen LogP contribution < -0.4 is 4.74 Å². The molecule has 0 aromatic heterocycles. The zero-order valence-corrected chi connectivity index (χ0v) is 13.7. The molecule has 1 unspecified atom stereocenters. The Morgan fingerprint density at radius 2 is 1.68 bits per heavy atom. The summed E-state index contributed by atoms with van der Waals surface area (Å²) < 4.78 is 5.22. The fourth-order valence-corrected chi connectivity index (χ4v) is 3.28. The standard InChI is InChI=1S/C15H13BrCl2O/c1-9-5-13(19-2)3-4-14(9)15(16)10-6-11(17)8-12(18)7-10/h3-8,15H,1-2H3. The van der Waals surface area contributed by atoms with Gasteiger partial charge < -0.3 is 4.74 Å². The van der Waals surface area contributed by atoms with Crippen LogP contribution in [0, 0.1) is 6.92 Å². The van der Waals surface area contributed by atoms with Gasteiger partial charge in [-0.1, -0.05) is 45.2 Å². The summed E-state index contributed by atoms with van der Waals surface area (Å²) in [4.78, 5) is 0.0506. The SMILES string of the molecule is COc1ccc(C(Br)c2cc(Cl)cc(Cl)c2)c(C)c1. The molecule has 0 amide bonds. The van der Waals surface area contributed by atoms with Gasteiger partial charge in [0.05, 0.1) is 11.9 Å². The summed E-state index contributed by atoms with van der Waals surface area (Å²) in [6.45, 7) is 2.05. The molecular formula is C15H13BrCl2O. The zero-order chi connectivity index (χ0) is 14.0. The van der Waals surface area contributed by atoms with Gasteiger partial charge in [0.15, 0.2) is 0 Å². The fourth-order valence-electron chi connectivity index (χ4n) is 1.96. The predicted molar refractivity (Wildman–Crippen MR) is 85.0 cm³/mol. The minimum Gasteiger partial charge on any atom is -0.497 e. The highest BCUT2D eigenvalue weighted by atomic mass is 79.9. The van der Waals surface area contributed by atoms with E-state index in [2.05, 4.69) is 22.9 Å². The molecule has 2 aromatic rings. The van der Waals surface area contributed by atoms with Crippen molar-refractivity contribution in [2.24, 2.45) is 0 Å². The maximum Gasteiger partial charge on any atom is 0.119 e. The van der Waals surface area contributed by atoms with E-state index >= 15 is 0 Å². The van der Waals surface area contributed by atoms with Crippen molar-refractivity contribution in [3.63, 3.8) is 0 Å². The molecule has 0 N–H and O–H groups in total. The smallest absolute Gasteiger partial charge is 0.119 e. The number of aryl methyl sites for hydroxylation is 1. The molecule has 0 saturated heterocycles. The number of benzene rings is 2. The van der Waals surface area contributed by atoms with E-state index in [0.717, 1.165) is 16.9 Å². The van der Waals surface area contributed by atoms with E-state index < -0.39 is 0 Å². The van der Waals surface area contributed by atoms with E-state index in [4.69, 9.17) is 27.9 Å². The van der Waals surface area contributed by atoms with Gasteiger partial charge in [-0.2, -0.15) is 0 Å². The van der Waals surface area contributed by atoms with E-state index in [-0.39, 0.29) is 4.83 Å². The van der Waals surface area contributed by atoms with Crippen LogP contribution in [0.25, 0.3) is 0 Å². The summed E-state index contributed by atoms with van der Waals surface area (Å²) in [6, 6.07) is 11.6. The first-order valence-corrected chi connectivity index (χ1v) is 7.43. The summed E-state index contributed by atoms with van der Waals surface area (Å²) in [7, 11) is 1.66. The number of ether oxygens (including phenoxy) is 1. The maximum absolute atomic E-state index is 6.04. The Labute approximate surface area is 131 Å². The van der Waals surface area contributed by atoms with Gasteiger partial charge in [0.2, 0.25) is 0 Å². The Bertz CT molecular complexity index is 578. The Hall–Kier alpha value is -0.700. The van der Waals surface area contributed by atoms with Gasteiger partial charge in [-0.15, -0.1) is 0 Å². The van der Waals surface area contributed by atoms with Gasteiger partial charge in [-0.05, 0) is 53.9 Å². The molecule has 0 fully saturated rings. The lowest BCUT2D eigenvalue weighted by Gasteiger charge is -2.15. The first-order chi connectivity index (χ1) is 9.01. The van der Waals surface area contributed by atoms with Crippen molar-refractivity contribution in [3.8, 4) is 5.75 Å². The summed E-state index contributed by atoms with van der Waals surface area (Å²) in [5.41, 5.74) is 3.35. The monoisotopic (exact) mass is 358 g/mol. The van der Waals surface area contributed by atoms with Gasteiger partial charge >= 0.3 is 0 Å². The number of methoxy groups -OCH3 is 1. The van der Waals surface area contributed by atoms with E-state index in [9.17, 15) is 0 Å². The Morgan fingerprint density at radius 1 is 1.05 bits per heavy atom. The number of hydrogen-bond acceptors (Lipinski definition) is 1. The van der Waals surface area contributed by atoms with Crippen molar-refractivity contribution >= 4 is 39.1 Å². The number of halogens is 3. The minimum absolute atomic E-state index is 0.0506. The topological polar surface area (TPSA) is 9.23 Å². The fraction of sp³-hybridized carbons (Fsp3) is 0.200. The van der Waals surface area contributed by atoms with Crippen LogP contribution in [-0.4, -0.2) is 7.11 Å². The van der Waals surface area contributed by atoms with Gasteiger partial charge in [0.25, 0.3) is 0 Å². The molecule has 2 aromatic carbocycles. The van der Waals surface area contributed by atoms with E-state index in [1.165, 1.54) is 5.56 Å². The number of alkyl halides is 1. The first-order valence-electron chi connectivity index (χ1n) is 5.76. The lowest BCUT2D eigenvalue weighted by molar-refractivity contribution is 0.414. The van der Waals surface area contributed by atoms with E-state index in [1.807, 2.05) is 30.3 Å². The largest absolute Gasteiger partial charge is 0.497 e. The summed E-state index contributed by atoms with van der Waals surface area (Å²) >= 11 is 15.8. The Kier molecular flexibility index (Phi) is 4.77. The van der Waals surface area contributed by atoms with Crippen molar-refractivity contribution in [1.29, 1.82) is 0 Å². The van der Waals surface area contributed by atoms with E-state index in [1.54, 1.807) is 13.2 Å². The number of rotatable bonds is 3. The third-order valence-electron chi connectivity index (χ3n) is 2.93. The molecule has 0 heterocycles. The third kappa shape index (κ3) is 3.44. The highest BCUT2D eigenvalue weighted by Crippen LogP contribution is 2.36. The zero-order valence-electron chi connectivity index (χ0n) is 10.6. The molecular weight excluding hydrogens is 347 g/mol. The quantitative estimate of drug-likeness (QED) is 0.629. The summed E-state index contributed by atoms with van der Waals surface area (Å²) in [5.74, 6) is 0.852. The third-order valence-corrected chi connectivity index (χ3v) is 4.39. The van der Waals surface area contributed by atoms with Crippen LogP contribution in [0.2, 0.25) is 10.0 Å². The highest BCUT2D eigenvalue weighted by molar-refractivity contribution is 9.09. The van der Waals surface area contributed by atoms with Crippen LogP contribution in [0.4, 0.5) is 0 Å². The molecule has 4 heteroatoms. The molecule has 0 radical (unpaired) electrons. The minimum atomic E-state index is 0.0506. The van der Waals surface area contributed by atoms with Gasteiger partial charge in [0, 0.05) is 10.0 Å². The molecule has 0 aliphatic rings. The molecule has 2 rings (SSSR count). The molecule has 19 heavy (non-hydrogen) atoms. The highest BCUT2D eigenvalue weighted by Gasteiger charge is 2.14. The summed E-state index contributed by atoms with van der Waals surface area (Å²) in [6.07, 6.45) is 0. The molecule has 100 valence electrons. The van der Waals surface area contributed by atoms with Gasteiger partial charge in [0.1, 0.15) is 5.75 Å². The second-order valence-corrected chi connectivity index (χ2v) is 6.08. The Morgan fingerprint density at radius 3 is 2.21 bits per heavy atom. The molecule has 0 spiro atoms. The molecule has 1 atom stereocenters. The summed E-state index contributed by atoms with van der Waals surface area (Å²) in [5, 5.41) is 1.27. The van der Waals surface area contributed by atoms with Crippen LogP contribution >= 0.6 is 39.1 Å². The van der Waals surface area contributed by atoms with Gasteiger partial charge in [-0.25, -0.2) is 0 Å². The predicted octanol–water partition coefficient (Wildman–Crippen LogP) is 5.79. The van der Waals surface area contributed by atoms with Crippen molar-refractivity contribution in [2.75, 3.05) is 7.11 Å². The number of hydrogen-bond donors (Lipinski definition) is 0. The molecule has 0 saturated carbocycles. The van der Waals surface area contributed by atoms with Crippen molar-refractivity contribution in [2.45, 2.75) is 11.8 Å². The average molecular weight is 360 g/mol. The van der Waals surface area contributed by atoms with Crippen molar-refractivity contribution in [1.82, 2.24) is 0 Å². The first kappa shape index (κ1) is 14.7. The lowest BCUT2D eigenvalue weighted by Crippen LogP contribution is -1.97.